The van der Waals surface area contributed by atoms with Crippen molar-refractivity contribution in [2.24, 2.45) is 5.92 Å². The average Bonchev–Trinajstić information content (AvgIpc) is 2.44. The monoisotopic (exact) mass is 284 g/mol. The second kappa shape index (κ2) is 8.12. The van der Waals surface area contributed by atoms with E-state index >= 15 is 0 Å². The van der Waals surface area contributed by atoms with Crippen LogP contribution in [0.5, 0.6) is 0 Å². The van der Waals surface area contributed by atoms with Crippen molar-refractivity contribution < 1.29 is 14.7 Å². The van der Waals surface area contributed by atoms with Crippen molar-refractivity contribution in [1.29, 1.82) is 0 Å². The molecule has 0 aromatic carbocycles. The minimum Gasteiger partial charge on any atom is -0.481 e. The summed E-state index contributed by atoms with van der Waals surface area (Å²) in [5, 5.41) is 8.75. The number of carboxylic acid groups (broad SMARTS) is 1. The Kier molecular flexibility index (Phi) is 6.82. The Balaban J connectivity index is 2.49. The van der Waals surface area contributed by atoms with Gasteiger partial charge in [0.25, 0.3) is 0 Å². The quantitative estimate of drug-likeness (QED) is 0.816. The lowest BCUT2D eigenvalue weighted by molar-refractivity contribution is -0.137. The molecule has 2 amide bonds. The van der Waals surface area contributed by atoms with Crippen LogP contribution in [0.4, 0.5) is 4.79 Å². The van der Waals surface area contributed by atoms with Crippen LogP contribution in [0.2, 0.25) is 0 Å². The molecule has 2 atom stereocenters. The number of likely N-dealkylation sites (tertiary alicyclic amines) is 1. The van der Waals surface area contributed by atoms with E-state index in [0.717, 1.165) is 32.2 Å². The van der Waals surface area contributed by atoms with Crippen LogP contribution in [0.15, 0.2) is 0 Å². The Morgan fingerprint density at radius 3 is 2.75 bits per heavy atom. The van der Waals surface area contributed by atoms with Crippen LogP contribution in [0.25, 0.3) is 0 Å². The van der Waals surface area contributed by atoms with E-state index in [1.54, 1.807) is 0 Å². The third kappa shape index (κ3) is 5.02. The van der Waals surface area contributed by atoms with Gasteiger partial charge in [-0.05, 0) is 38.5 Å². The van der Waals surface area contributed by atoms with Gasteiger partial charge in [0, 0.05) is 32.6 Å². The minimum atomic E-state index is -0.748. The van der Waals surface area contributed by atoms with Gasteiger partial charge in [-0.15, -0.1) is 0 Å². The number of carbonyl (C=O) groups is 2. The summed E-state index contributed by atoms with van der Waals surface area (Å²) >= 11 is 0. The Morgan fingerprint density at radius 2 is 2.15 bits per heavy atom. The number of rotatable bonds is 6. The number of nitrogens with zero attached hydrogens (tertiary/aromatic N) is 2. The van der Waals surface area contributed by atoms with Crippen LogP contribution >= 0.6 is 0 Å². The topological polar surface area (TPSA) is 60.9 Å². The van der Waals surface area contributed by atoms with Crippen molar-refractivity contribution in [3.63, 3.8) is 0 Å². The van der Waals surface area contributed by atoms with E-state index in [1.165, 1.54) is 0 Å². The number of carbonyl (C=O) groups excluding carboxylic acids is 1. The summed E-state index contributed by atoms with van der Waals surface area (Å²) in [6.45, 7) is 5.70. The fraction of sp³-hybridized carbons (Fsp3) is 0.867. The van der Waals surface area contributed by atoms with Crippen molar-refractivity contribution in [2.75, 3.05) is 20.1 Å². The number of hydrogen-bond donors (Lipinski definition) is 1. The zero-order chi connectivity index (χ0) is 15.1. The molecule has 1 N–H and O–H groups in total. The van der Waals surface area contributed by atoms with Gasteiger partial charge in [0.05, 0.1) is 0 Å². The largest absolute Gasteiger partial charge is 0.481 e. The smallest absolute Gasteiger partial charge is 0.319 e. The highest BCUT2D eigenvalue weighted by atomic mass is 16.4. The summed E-state index contributed by atoms with van der Waals surface area (Å²) in [7, 11) is 1.86. The molecular formula is C15H28N2O3. The molecule has 1 aliphatic heterocycles. The van der Waals surface area contributed by atoms with Gasteiger partial charge in [0.15, 0.2) is 0 Å². The summed E-state index contributed by atoms with van der Waals surface area (Å²) in [5.74, 6) is -0.416. The first kappa shape index (κ1) is 16.8. The van der Waals surface area contributed by atoms with E-state index in [0.29, 0.717) is 18.9 Å². The highest BCUT2D eigenvalue weighted by molar-refractivity contribution is 5.74. The van der Waals surface area contributed by atoms with E-state index in [2.05, 4.69) is 13.8 Å². The molecule has 5 heteroatoms. The third-order valence-corrected chi connectivity index (χ3v) is 4.23. The lowest BCUT2D eigenvalue weighted by Crippen LogP contribution is -2.48. The average molecular weight is 284 g/mol. The maximum Gasteiger partial charge on any atom is 0.319 e. The first-order valence-electron chi connectivity index (χ1n) is 7.69. The molecule has 20 heavy (non-hydrogen) atoms. The Bertz CT molecular complexity index is 333. The van der Waals surface area contributed by atoms with Crippen LogP contribution in [0, 0.1) is 5.92 Å². The zero-order valence-corrected chi connectivity index (χ0v) is 13.0. The molecule has 116 valence electrons. The normalized spacial score (nSPS) is 20.6. The predicted octanol–water partition coefficient (Wildman–Crippen LogP) is 2.80. The van der Waals surface area contributed by atoms with Gasteiger partial charge in [-0.25, -0.2) is 4.79 Å². The standard InChI is InChI=1S/C15H28N2O3/c1-4-6-12(2)16(3)15(20)17-10-5-7-13(11-17)8-9-14(18)19/h12-13H,4-11H2,1-3H3,(H,18,19). The van der Waals surface area contributed by atoms with Crippen molar-refractivity contribution in [3.05, 3.63) is 0 Å². The maximum atomic E-state index is 12.4. The second-order valence-electron chi connectivity index (χ2n) is 5.92. The van der Waals surface area contributed by atoms with Gasteiger partial charge in [-0.1, -0.05) is 13.3 Å². The molecule has 0 saturated carbocycles. The first-order chi connectivity index (χ1) is 9.45. The molecule has 0 radical (unpaired) electrons. The lowest BCUT2D eigenvalue weighted by Gasteiger charge is -2.37. The van der Waals surface area contributed by atoms with Gasteiger partial charge in [0.1, 0.15) is 0 Å². The van der Waals surface area contributed by atoms with Gasteiger partial charge >= 0.3 is 12.0 Å². The Labute approximate surface area is 121 Å². The molecule has 5 nitrogen and oxygen atoms in total. The molecule has 1 rings (SSSR count). The molecule has 1 fully saturated rings. The fourth-order valence-electron chi connectivity index (χ4n) is 2.83. The molecular weight excluding hydrogens is 256 g/mol. The summed E-state index contributed by atoms with van der Waals surface area (Å²) in [6, 6.07) is 0.345. The van der Waals surface area contributed by atoms with E-state index in [4.69, 9.17) is 5.11 Å². The molecule has 0 spiro atoms. The van der Waals surface area contributed by atoms with Crippen LogP contribution in [-0.4, -0.2) is 53.1 Å². The molecule has 0 aliphatic carbocycles. The summed E-state index contributed by atoms with van der Waals surface area (Å²) in [5.41, 5.74) is 0. The van der Waals surface area contributed by atoms with E-state index in [9.17, 15) is 9.59 Å². The van der Waals surface area contributed by atoms with Crippen molar-refractivity contribution in [1.82, 2.24) is 9.80 Å². The highest BCUT2D eigenvalue weighted by Gasteiger charge is 2.27. The highest BCUT2D eigenvalue weighted by Crippen LogP contribution is 2.22. The summed E-state index contributed by atoms with van der Waals surface area (Å²) < 4.78 is 0. The second-order valence-corrected chi connectivity index (χ2v) is 5.92. The van der Waals surface area contributed by atoms with Crippen LogP contribution < -0.4 is 0 Å². The number of piperidine rings is 1. The summed E-state index contributed by atoms with van der Waals surface area (Å²) in [4.78, 5) is 26.8. The Hall–Kier alpha value is -1.26. The van der Waals surface area contributed by atoms with Crippen LogP contribution in [0.3, 0.4) is 0 Å². The molecule has 1 saturated heterocycles. The lowest BCUT2D eigenvalue weighted by atomic mass is 9.93. The van der Waals surface area contributed by atoms with Crippen molar-refractivity contribution in [2.45, 2.75) is 58.4 Å². The zero-order valence-electron chi connectivity index (χ0n) is 13.0. The molecule has 1 heterocycles. The van der Waals surface area contributed by atoms with Gasteiger partial charge in [0.2, 0.25) is 0 Å². The SMILES string of the molecule is CCCC(C)N(C)C(=O)N1CCCC(CCC(=O)O)C1. The minimum absolute atomic E-state index is 0.0889. The molecule has 0 aromatic rings. The number of hydrogen-bond acceptors (Lipinski definition) is 2. The third-order valence-electron chi connectivity index (χ3n) is 4.23. The van der Waals surface area contributed by atoms with Crippen LogP contribution in [0.1, 0.15) is 52.4 Å². The van der Waals surface area contributed by atoms with E-state index in [-0.39, 0.29) is 18.5 Å². The molecule has 1 aliphatic rings. The van der Waals surface area contributed by atoms with Gasteiger partial charge in [-0.3, -0.25) is 4.79 Å². The number of amides is 2. The van der Waals surface area contributed by atoms with Gasteiger partial charge in [-0.2, -0.15) is 0 Å². The molecule has 2 unspecified atom stereocenters. The van der Waals surface area contributed by atoms with Crippen LogP contribution in [-0.2, 0) is 4.79 Å². The van der Waals surface area contributed by atoms with E-state index in [1.807, 2.05) is 16.8 Å². The number of aliphatic carboxylic acids is 1. The van der Waals surface area contributed by atoms with E-state index < -0.39 is 5.97 Å². The number of urea groups is 1. The molecule has 0 aromatic heterocycles. The van der Waals surface area contributed by atoms with Gasteiger partial charge < -0.3 is 14.9 Å². The van der Waals surface area contributed by atoms with Crippen molar-refractivity contribution in [3.8, 4) is 0 Å². The van der Waals surface area contributed by atoms with Crippen molar-refractivity contribution >= 4 is 12.0 Å². The molecule has 0 bridgehead atoms. The number of carboxylic acids is 1. The first-order valence-corrected chi connectivity index (χ1v) is 7.69. The Morgan fingerprint density at radius 1 is 1.45 bits per heavy atom. The summed E-state index contributed by atoms with van der Waals surface area (Å²) in [6.07, 6.45) is 4.97. The predicted molar refractivity (Wildman–Crippen MR) is 78.7 cm³/mol. The maximum absolute atomic E-state index is 12.4. The fourth-order valence-corrected chi connectivity index (χ4v) is 2.83.